The van der Waals surface area contributed by atoms with E-state index in [0.29, 0.717) is 5.02 Å². The van der Waals surface area contributed by atoms with Gasteiger partial charge in [-0.3, -0.25) is 0 Å². The Labute approximate surface area is 80.6 Å². The molecule has 0 atom stereocenters. The average Bonchev–Trinajstić information content (AvgIpc) is 2.34. The molecule has 0 radical (unpaired) electrons. The number of nitrogens with zero attached hydrogens (tertiary/aromatic N) is 2. The lowest BCUT2D eigenvalue weighted by molar-refractivity contribution is 1.61. The van der Waals surface area contributed by atoms with Gasteiger partial charge in [0.05, 0.1) is 11.7 Å². The van der Waals surface area contributed by atoms with Crippen LogP contribution in [-0.4, -0.2) is 8.75 Å². The molecule has 0 unspecified atom stereocenters. The molecule has 0 amide bonds. The molecule has 1 heterocycles. The van der Waals surface area contributed by atoms with Gasteiger partial charge in [0.1, 0.15) is 11.0 Å². The molecule has 0 fully saturated rings. The quantitative estimate of drug-likeness (QED) is 0.717. The molecule has 0 aliphatic carbocycles. The van der Waals surface area contributed by atoms with Crippen LogP contribution in [0.25, 0.3) is 11.0 Å². The molecule has 0 saturated carbocycles. The van der Waals surface area contributed by atoms with Gasteiger partial charge < -0.3 is 0 Å². The molecular formula is C6H2BrClN2S. The van der Waals surface area contributed by atoms with Crippen molar-refractivity contribution in [2.75, 3.05) is 0 Å². The van der Waals surface area contributed by atoms with Crippen molar-refractivity contribution in [3.63, 3.8) is 0 Å². The fourth-order valence-corrected chi connectivity index (χ4v) is 2.36. The number of halogens is 2. The number of benzene rings is 1. The van der Waals surface area contributed by atoms with Crippen LogP contribution in [-0.2, 0) is 0 Å². The SMILES string of the molecule is Clc1cc(Br)c2nsnc2c1. The summed E-state index contributed by atoms with van der Waals surface area (Å²) < 4.78 is 9.04. The normalized spacial score (nSPS) is 10.7. The van der Waals surface area contributed by atoms with Crippen molar-refractivity contribution >= 4 is 50.3 Å². The summed E-state index contributed by atoms with van der Waals surface area (Å²) in [5, 5.41) is 0.678. The summed E-state index contributed by atoms with van der Waals surface area (Å²) in [5.41, 5.74) is 1.72. The number of rotatable bonds is 0. The molecule has 0 saturated heterocycles. The first-order valence-electron chi connectivity index (χ1n) is 2.85. The average molecular weight is 250 g/mol. The third kappa shape index (κ3) is 1.26. The first kappa shape index (κ1) is 7.46. The Morgan fingerprint density at radius 1 is 1.36 bits per heavy atom. The van der Waals surface area contributed by atoms with E-state index in [0.717, 1.165) is 15.5 Å². The highest BCUT2D eigenvalue weighted by molar-refractivity contribution is 9.10. The van der Waals surface area contributed by atoms with Crippen LogP contribution in [0.15, 0.2) is 16.6 Å². The van der Waals surface area contributed by atoms with E-state index in [1.54, 1.807) is 6.07 Å². The maximum absolute atomic E-state index is 5.79. The second-order valence-corrected chi connectivity index (χ2v) is 3.84. The molecule has 0 bridgehead atoms. The lowest BCUT2D eigenvalue weighted by Crippen LogP contribution is -1.72. The Morgan fingerprint density at radius 2 is 2.18 bits per heavy atom. The topological polar surface area (TPSA) is 25.8 Å². The van der Waals surface area contributed by atoms with Gasteiger partial charge in [-0.25, -0.2) is 0 Å². The summed E-state index contributed by atoms with van der Waals surface area (Å²) in [5.74, 6) is 0. The summed E-state index contributed by atoms with van der Waals surface area (Å²) in [6.45, 7) is 0. The van der Waals surface area contributed by atoms with E-state index < -0.39 is 0 Å². The minimum Gasteiger partial charge on any atom is -0.173 e. The van der Waals surface area contributed by atoms with Crippen molar-refractivity contribution in [3.8, 4) is 0 Å². The highest BCUT2D eigenvalue weighted by Gasteiger charge is 2.03. The summed E-state index contributed by atoms with van der Waals surface area (Å²) >= 11 is 10.3. The van der Waals surface area contributed by atoms with Gasteiger partial charge in [-0.15, -0.1) is 0 Å². The van der Waals surface area contributed by atoms with Crippen molar-refractivity contribution in [2.45, 2.75) is 0 Å². The lowest BCUT2D eigenvalue weighted by atomic mass is 10.3. The van der Waals surface area contributed by atoms with Crippen molar-refractivity contribution in [1.82, 2.24) is 8.75 Å². The number of hydrogen-bond acceptors (Lipinski definition) is 3. The van der Waals surface area contributed by atoms with Crippen molar-refractivity contribution in [1.29, 1.82) is 0 Å². The first-order valence-corrected chi connectivity index (χ1v) is 4.75. The molecule has 2 nitrogen and oxygen atoms in total. The molecule has 5 heteroatoms. The van der Waals surface area contributed by atoms with E-state index >= 15 is 0 Å². The fraction of sp³-hybridized carbons (Fsp3) is 0. The highest BCUT2D eigenvalue weighted by atomic mass is 79.9. The molecular weight excluding hydrogens is 248 g/mol. The second kappa shape index (κ2) is 2.69. The van der Waals surface area contributed by atoms with Crippen LogP contribution in [0.4, 0.5) is 0 Å². The second-order valence-electron chi connectivity index (χ2n) is 2.02. The predicted octanol–water partition coefficient (Wildman–Crippen LogP) is 3.11. The van der Waals surface area contributed by atoms with Gasteiger partial charge in [0.25, 0.3) is 0 Å². The summed E-state index contributed by atoms with van der Waals surface area (Å²) in [4.78, 5) is 0. The molecule has 0 spiro atoms. The van der Waals surface area contributed by atoms with Crippen molar-refractivity contribution in [3.05, 3.63) is 21.6 Å². The van der Waals surface area contributed by atoms with Gasteiger partial charge in [-0.2, -0.15) is 8.75 Å². The molecule has 2 aromatic rings. The molecule has 1 aromatic heterocycles. The Bertz CT molecular complexity index is 400. The molecule has 56 valence electrons. The van der Waals surface area contributed by atoms with Gasteiger partial charge in [0.15, 0.2) is 0 Å². The smallest absolute Gasteiger partial charge is 0.119 e. The monoisotopic (exact) mass is 248 g/mol. The van der Waals surface area contributed by atoms with Crippen LogP contribution in [0.1, 0.15) is 0 Å². The Balaban J connectivity index is 2.91. The van der Waals surface area contributed by atoms with E-state index in [2.05, 4.69) is 24.7 Å². The minimum atomic E-state index is 0.678. The lowest BCUT2D eigenvalue weighted by Gasteiger charge is -1.91. The van der Waals surface area contributed by atoms with Gasteiger partial charge in [-0.1, -0.05) is 11.6 Å². The van der Waals surface area contributed by atoms with E-state index in [1.807, 2.05) is 6.07 Å². The largest absolute Gasteiger partial charge is 0.173 e. The molecule has 0 N–H and O–H groups in total. The van der Waals surface area contributed by atoms with Crippen LogP contribution < -0.4 is 0 Å². The summed E-state index contributed by atoms with van der Waals surface area (Å²) in [6, 6.07) is 3.61. The van der Waals surface area contributed by atoms with Crippen molar-refractivity contribution in [2.24, 2.45) is 0 Å². The molecule has 1 aromatic carbocycles. The predicted molar refractivity (Wildman–Crippen MR) is 50.1 cm³/mol. The van der Waals surface area contributed by atoms with E-state index in [4.69, 9.17) is 11.6 Å². The zero-order valence-corrected chi connectivity index (χ0v) is 8.37. The van der Waals surface area contributed by atoms with Gasteiger partial charge in [0, 0.05) is 9.50 Å². The van der Waals surface area contributed by atoms with Gasteiger partial charge >= 0.3 is 0 Å². The third-order valence-corrected chi connectivity index (χ3v) is 2.64. The Hall–Kier alpha value is -0.190. The van der Waals surface area contributed by atoms with Gasteiger partial charge in [0.2, 0.25) is 0 Å². The number of fused-ring (bicyclic) bond motifs is 1. The zero-order valence-electron chi connectivity index (χ0n) is 5.21. The molecule has 2 rings (SSSR count). The van der Waals surface area contributed by atoms with Crippen LogP contribution in [0.2, 0.25) is 5.02 Å². The Kier molecular flexibility index (Phi) is 1.83. The summed E-state index contributed by atoms with van der Waals surface area (Å²) in [7, 11) is 0. The van der Waals surface area contributed by atoms with Crippen LogP contribution in [0, 0.1) is 0 Å². The number of aromatic nitrogens is 2. The first-order chi connectivity index (χ1) is 5.27. The minimum absolute atomic E-state index is 0.678. The third-order valence-electron chi connectivity index (χ3n) is 1.28. The van der Waals surface area contributed by atoms with Crippen LogP contribution >= 0.6 is 39.3 Å². The van der Waals surface area contributed by atoms with Crippen LogP contribution in [0.5, 0.6) is 0 Å². The number of hydrogen-bond donors (Lipinski definition) is 0. The van der Waals surface area contributed by atoms with Crippen LogP contribution in [0.3, 0.4) is 0 Å². The molecule has 11 heavy (non-hydrogen) atoms. The fourth-order valence-electron chi connectivity index (χ4n) is 0.818. The maximum atomic E-state index is 5.79. The Morgan fingerprint density at radius 3 is 3.00 bits per heavy atom. The van der Waals surface area contributed by atoms with E-state index in [9.17, 15) is 0 Å². The van der Waals surface area contributed by atoms with E-state index in [-0.39, 0.29) is 0 Å². The van der Waals surface area contributed by atoms with Crippen molar-refractivity contribution < 1.29 is 0 Å². The zero-order chi connectivity index (χ0) is 7.84. The summed E-state index contributed by atoms with van der Waals surface area (Å²) in [6.07, 6.45) is 0. The molecule has 0 aliphatic rings. The van der Waals surface area contributed by atoms with E-state index in [1.165, 1.54) is 11.7 Å². The molecule has 0 aliphatic heterocycles. The van der Waals surface area contributed by atoms with Gasteiger partial charge in [-0.05, 0) is 28.1 Å². The standard InChI is InChI=1S/C6H2BrClN2S/c7-4-1-3(8)2-5-6(4)10-11-9-5/h1-2H. The maximum Gasteiger partial charge on any atom is 0.119 e. The highest BCUT2D eigenvalue weighted by Crippen LogP contribution is 2.26.